The van der Waals surface area contributed by atoms with Crippen molar-refractivity contribution in [3.8, 4) is 0 Å². The van der Waals surface area contributed by atoms with E-state index in [2.05, 4.69) is 27.9 Å². The van der Waals surface area contributed by atoms with Crippen molar-refractivity contribution >= 4 is 39.2 Å². The number of piperazine rings is 1. The Morgan fingerprint density at radius 1 is 1.14 bits per heavy atom. The van der Waals surface area contributed by atoms with Crippen molar-refractivity contribution in [1.82, 2.24) is 19.8 Å². The highest BCUT2D eigenvalue weighted by Crippen LogP contribution is 2.31. The summed E-state index contributed by atoms with van der Waals surface area (Å²) in [7, 11) is 0. The molecule has 8 heteroatoms. The highest BCUT2D eigenvalue weighted by molar-refractivity contribution is 7.18. The number of aryl methyl sites for hydroxylation is 1. The van der Waals surface area contributed by atoms with Crippen molar-refractivity contribution < 1.29 is 9.59 Å². The van der Waals surface area contributed by atoms with E-state index in [1.54, 1.807) is 24.6 Å². The molecule has 2 amide bonds. The standard InChI is InChI=1S/C21H29N5O2S/c1-3-5-17-12-18-19(22-14-23-20(18)29-17)24-8-10-25(11-9-24)21(28)16-6-4-7-26(13-16)15(2)27/h12,14,16H,3-11,13H2,1-2H3. The summed E-state index contributed by atoms with van der Waals surface area (Å²) in [5, 5.41) is 1.13. The number of likely N-dealkylation sites (tertiary alicyclic amines) is 1. The van der Waals surface area contributed by atoms with Gasteiger partial charge < -0.3 is 14.7 Å². The summed E-state index contributed by atoms with van der Waals surface area (Å²) in [5.74, 6) is 1.20. The number of aromatic nitrogens is 2. The minimum atomic E-state index is -0.0570. The van der Waals surface area contributed by atoms with E-state index in [0.717, 1.165) is 61.4 Å². The quantitative estimate of drug-likeness (QED) is 0.768. The van der Waals surface area contributed by atoms with Gasteiger partial charge in [-0.1, -0.05) is 13.3 Å². The zero-order chi connectivity index (χ0) is 20.4. The van der Waals surface area contributed by atoms with E-state index in [9.17, 15) is 9.59 Å². The van der Waals surface area contributed by atoms with Crippen LogP contribution in [0, 0.1) is 5.92 Å². The van der Waals surface area contributed by atoms with Gasteiger partial charge in [-0.05, 0) is 25.3 Å². The van der Waals surface area contributed by atoms with Crippen LogP contribution in [0.2, 0.25) is 0 Å². The monoisotopic (exact) mass is 415 g/mol. The van der Waals surface area contributed by atoms with Crippen LogP contribution in [0.25, 0.3) is 10.2 Å². The van der Waals surface area contributed by atoms with Crippen LogP contribution in [-0.2, 0) is 16.0 Å². The summed E-state index contributed by atoms with van der Waals surface area (Å²) in [5.41, 5.74) is 0. The number of thiophene rings is 1. The van der Waals surface area contributed by atoms with Gasteiger partial charge >= 0.3 is 0 Å². The number of hydrogen-bond acceptors (Lipinski definition) is 6. The molecule has 29 heavy (non-hydrogen) atoms. The second-order valence-electron chi connectivity index (χ2n) is 8.00. The zero-order valence-corrected chi connectivity index (χ0v) is 18.1. The Morgan fingerprint density at radius 2 is 1.93 bits per heavy atom. The molecule has 1 unspecified atom stereocenters. The van der Waals surface area contributed by atoms with E-state index in [-0.39, 0.29) is 17.7 Å². The molecule has 2 fully saturated rings. The van der Waals surface area contributed by atoms with Crippen molar-refractivity contribution in [2.75, 3.05) is 44.2 Å². The maximum absolute atomic E-state index is 13.0. The van der Waals surface area contributed by atoms with Crippen molar-refractivity contribution in [1.29, 1.82) is 0 Å². The van der Waals surface area contributed by atoms with E-state index in [4.69, 9.17) is 0 Å². The van der Waals surface area contributed by atoms with E-state index < -0.39 is 0 Å². The summed E-state index contributed by atoms with van der Waals surface area (Å²) in [6.07, 6.45) is 5.64. The number of hydrogen-bond donors (Lipinski definition) is 0. The maximum atomic E-state index is 13.0. The molecule has 0 radical (unpaired) electrons. The minimum absolute atomic E-state index is 0.0570. The zero-order valence-electron chi connectivity index (χ0n) is 17.3. The number of piperidine rings is 1. The third-order valence-electron chi connectivity index (χ3n) is 5.96. The molecule has 0 aromatic carbocycles. The van der Waals surface area contributed by atoms with Gasteiger partial charge in [0.25, 0.3) is 0 Å². The Morgan fingerprint density at radius 3 is 2.66 bits per heavy atom. The molecule has 1 atom stereocenters. The SMILES string of the molecule is CCCc1cc2c(N3CCN(C(=O)C4CCCN(C(C)=O)C4)CC3)ncnc2s1. The lowest BCUT2D eigenvalue weighted by Crippen LogP contribution is -2.53. The molecule has 0 spiro atoms. The molecule has 0 saturated carbocycles. The first-order valence-corrected chi connectivity index (χ1v) is 11.4. The van der Waals surface area contributed by atoms with Crippen LogP contribution in [0.5, 0.6) is 0 Å². The average Bonchev–Trinajstić information content (AvgIpc) is 3.16. The lowest BCUT2D eigenvalue weighted by atomic mass is 9.96. The number of nitrogens with zero attached hydrogens (tertiary/aromatic N) is 5. The van der Waals surface area contributed by atoms with Gasteiger partial charge in [-0.2, -0.15) is 0 Å². The normalized spacial score (nSPS) is 20.3. The number of carbonyl (C=O) groups is 2. The molecule has 156 valence electrons. The predicted octanol–water partition coefficient (Wildman–Crippen LogP) is 2.55. The molecule has 2 saturated heterocycles. The summed E-state index contributed by atoms with van der Waals surface area (Å²) in [6, 6.07) is 2.23. The second kappa shape index (κ2) is 8.65. The van der Waals surface area contributed by atoms with Crippen LogP contribution in [-0.4, -0.2) is 70.9 Å². The number of anilines is 1. The van der Waals surface area contributed by atoms with Gasteiger partial charge in [0.2, 0.25) is 11.8 Å². The van der Waals surface area contributed by atoms with Crippen LogP contribution in [0.4, 0.5) is 5.82 Å². The molecule has 2 aliphatic heterocycles. The molecule has 2 aliphatic rings. The first-order chi connectivity index (χ1) is 14.1. The fourth-order valence-corrected chi connectivity index (χ4v) is 5.47. The van der Waals surface area contributed by atoms with Crippen molar-refractivity contribution in [2.24, 2.45) is 5.92 Å². The molecule has 0 bridgehead atoms. The van der Waals surface area contributed by atoms with Crippen molar-refractivity contribution in [2.45, 2.75) is 39.5 Å². The Bertz CT molecular complexity index is 890. The first kappa shape index (κ1) is 20.1. The number of carbonyl (C=O) groups excluding carboxylic acids is 2. The van der Waals surface area contributed by atoms with Gasteiger partial charge in [-0.3, -0.25) is 9.59 Å². The second-order valence-corrected chi connectivity index (χ2v) is 9.11. The minimum Gasteiger partial charge on any atom is -0.352 e. The smallest absolute Gasteiger partial charge is 0.227 e. The van der Waals surface area contributed by atoms with E-state index >= 15 is 0 Å². The largest absolute Gasteiger partial charge is 0.352 e. The average molecular weight is 416 g/mol. The van der Waals surface area contributed by atoms with Crippen LogP contribution in [0.3, 0.4) is 0 Å². The molecule has 7 nitrogen and oxygen atoms in total. The van der Waals surface area contributed by atoms with Crippen molar-refractivity contribution in [3.63, 3.8) is 0 Å². The van der Waals surface area contributed by atoms with E-state index in [1.807, 2.05) is 9.80 Å². The predicted molar refractivity (Wildman–Crippen MR) is 115 cm³/mol. The van der Waals surface area contributed by atoms with Crippen LogP contribution in [0.1, 0.15) is 38.0 Å². The molecule has 2 aromatic rings. The van der Waals surface area contributed by atoms with Crippen LogP contribution in [0.15, 0.2) is 12.4 Å². The molecule has 4 heterocycles. The van der Waals surface area contributed by atoms with Gasteiger partial charge in [-0.15, -0.1) is 11.3 Å². The molecular weight excluding hydrogens is 386 g/mol. The molecule has 4 rings (SSSR count). The lowest BCUT2D eigenvalue weighted by Gasteiger charge is -2.39. The van der Waals surface area contributed by atoms with Crippen LogP contribution < -0.4 is 4.90 Å². The maximum Gasteiger partial charge on any atom is 0.227 e. The van der Waals surface area contributed by atoms with E-state index in [0.29, 0.717) is 19.6 Å². The Kier molecular flexibility index (Phi) is 5.99. The third kappa shape index (κ3) is 4.22. The van der Waals surface area contributed by atoms with Gasteiger partial charge in [0.1, 0.15) is 17.0 Å². The topological polar surface area (TPSA) is 69.6 Å². The first-order valence-electron chi connectivity index (χ1n) is 10.6. The molecular formula is C21H29N5O2S. The highest BCUT2D eigenvalue weighted by Gasteiger charge is 2.32. The number of rotatable bonds is 4. The number of amides is 2. The molecule has 0 aliphatic carbocycles. The van der Waals surface area contributed by atoms with Gasteiger partial charge in [-0.25, -0.2) is 9.97 Å². The van der Waals surface area contributed by atoms with Gasteiger partial charge in [0, 0.05) is 51.1 Å². The fourth-order valence-electron chi connectivity index (χ4n) is 4.38. The Hall–Kier alpha value is -2.22. The highest BCUT2D eigenvalue weighted by atomic mass is 32.1. The van der Waals surface area contributed by atoms with E-state index in [1.165, 1.54) is 4.88 Å². The van der Waals surface area contributed by atoms with Gasteiger partial charge in [0.05, 0.1) is 11.3 Å². The summed E-state index contributed by atoms with van der Waals surface area (Å²) in [6.45, 7) is 8.08. The Balaban J connectivity index is 1.41. The third-order valence-corrected chi connectivity index (χ3v) is 7.07. The molecule has 2 aromatic heterocycles. The number of fused-ring (bicyclic) bond motifs is 1. The summed E-state index contributed by atoms with van der Waals surface area (Å²) < 4.78 is 0. The molecule has 0 N–H and O–H groups in total. The summed E-state index contributed by atoms with van der Waals surface area (Å²) >= 11 is 1.75. The fraction of sp³-hybridized carbons (Fsp3) is 0.619. The van der Waals surface area contributed by atoms with Gasteiger partial charge in [0.15, 0.2) is 0 Å². The van der Waals surface area contributed by atoms with Crippen LogP contribution >= 0.6 is 11.3 Å². The summed E-state index contributed by atoms with van der Waals surface area (Å²) in [4.78, 5) is 42.1. The lowest BCUT2D eigenvalue weighted by molar-refractivity contribution is -0.140. The van der Waals surface area contributed by atoms with Crippen molar-refractivity contribution in [3.05, 3.63) is 17.3 Å². The Labute approximate surface area is 175 Å².